The highest BCUT2D eigenvalue weighted by atomic mass is 32.1. The zero-order chi connectivity index (χ0) is 17.1. The monoisotopic (exact) mass is 369 g/mol. The topological polar surface area (TPSA) is 46.1 Å². The highest BCUT2D eigenvalue weighted by Gasteiger charge is 2.31. The molecular formula is C19H19N3OS2. The van der Waals surface area contributed by atoms with Gasteiger partial charge in [0.15, 0.2) is 0 Å². The van der Waals surface area contributed by atoms with Gasteiger partial charge in [-0.2, -0.15) is 0 Å². The molecule has 0 unspecified atom stereocenters. The normalized spacial score (nSPS) is 17.6. The van der Waals surface area contributed by atoms with Crippen LogP contribution in [0.2, 0.25) is 0 Å². The first kappa shape index (κ1) is 16.4. The van der Waals surface area contributed by atoms with E-state index in [9.17, 15) is 4.79 Å². The average molecular weight is 370 g/mol. The Labute approximate surface area is 155 Å². The molecule has 0 aliphatic carbocycles. The van der Waals surface area contributed by atoms with E-state index in [1.807, 2.05) is 40.1 Å². The summed E-state index contributed by atoms with van der Waals surface area (Å²) in [6, 6.07) is 10.3. The van der Waals surface area contributed by atoms with Crippen LogP contribution in [0.3, 0.4) is 0 Å². The van der Waals surface area contributed by atoms with Crippen LogP contribution in [0, 0.1) is 0 Å². The Kier molecular flexibility index (Phi) is 4.90. The molecule has 4 nitrogen and oxygen atoms in total. The molecule has 1 aromatic carbocycles. The van der Waals surface area contributed by atoms with Gasteiger partial charge in [0.2, 0.25) is 0 Å². The number of amides is 1. The lowest BCUT2D eigenvalue weighted by Gasteiger charge is -2.34. The number of carbonyl (C=O) groups is 1. The molecular weight excluding hydrogens is 350 g/mol. The molecule has 0 spiro atoms. The van der Waals surface area contributed by atoms with Crippen molar-refractivity contribution >= 4 is 28.6 Å². The van der Waals surface area contributed by atoms with Gasteiger partial charge in [0.25, 0.3) is 5.91 Å². The zero-order valence-electron chi connectivity index (χ0n) is 13.8. The summed E-state index contributed by atoms with van der Waals surface area (Å²) in [5, 5.41) is 5.90. The fourth-order valence-corrected chi connectivity index (χ4v) is 4.83. The summed E-state index contributed by atoms with van der Waals surface area (Å²) in [7, 11) is 0. The predicted molar refractivity (Wildman–Crippen MR) is 101 cm³/mol. The van der Waals surface area contributed by atoms with E-state index in [1.165, 1.54) is 5.56 Å². The van der Waals surface area contributed by atoms with Gasteiger partial charge in [0, 0.05) is 29.9 Å². The summed E-state index contributed by atoms with van der Waals surface area (Å²) in [4.78, 5) is 24.0. The second kappa shape index (κ2) is 7.45. The third-order valence-corrected chi connectivity index (χ3v) is 6.19. The molecule has 4 rings (SSSR count). The number of hydrogen-bond acceptors (Lipinski definition) is 5. The van der Waals surface area contributed by atoms with Crippen molar-refractivity contribution in [3.63, 3.8) is 0 Å². The highest BCUT2D eigenvalue weighted by Crippen LogP contribution is 2.33. The van der Waals surface area contributed by atoms with Crippen LogP contribution in [0.1, 0.15) is 51.4 Å². The standard InChI is InChI=1S/C19H19N3OS2/c23-19(22-10-5-4-8-16(22)18-20-9-11-24-18)15-13-25-17(21-15)12-14-6-2-1-3-7-14/h1-3,6-7,9,11,13,16H,4-5,8,10,12H2/t16-/m1/s1. The highest BCUT2D eigenvalue weighted by molar-refractivity contribution is 7.10. The van der Waals surface area contributed by atoms with Crippen molar-refractivity contribution < 1.29 is 4.79 Å². The molecule has 128 valence electrons. The number of aromatic nitrogens is 2. The minimum atomic E-state index is 0.0375. The number of thiazole rings is 2. The fraction of sp³-hybridized carbons (Fsp3) is 0.316. The van der Waals surface area contributed by atoms with Gasteiger partial charge in [-0.15, -0.1) is 22.7 Å². The number of benzene rings is 1. The maximum absolute atomic E-state index is 13.0. The van der Waals surface area contributed by atoms with E-state index in [-0.39, 0.29) is 11.9 Å². The number of piperidine rings is 1. The van der Waals surface area contributed by atoms with Gasteiger partial charge in [0.1, 0.15) is 10.7 Å². The SMILES string of the molecule is O=C(c1csc(Cc2ccccc2)n1)N1CCCC[C@@H]1c1nccs1. The quantitative estimate of drug-likeness (QED) is 0.677. The first-order chi connectivity index (χ1) is 12.3. The fourth-order valence-electron chi connectivity index (χ4n) is 3.24. The van der Waals surface area contributed by atoms with Crippen molar-refractivity contribution in [2.75, 3.05) is 6.54 Å². The van der Waals surface area contributed by atoms with E-state index in [4.69, 9.17) is 0 Å². The summed E-state index contributed by atoms with van der Waals surface area (Å²) in [6.45, 7) is 0.786. The van der Waals surface area contributed by atoms with Crippen LogP contribution >= 0.6 is 22.7 Å². The Balaban J connectivity index is 1.52. The molecule has 0 saturated carbocycles. The second-order valence-corrected chi connectivity index (χ2v) is 8.04. The molecule has 1 fully saturated rings. The average Bonchev–Trinajstić information content (AvgIpc) is 3.34. The number of nitrogens with zero attached hydrogens (tertiary/aromatic N) is 3. The van der Waals surface area contributed by atoms with Crippen LogP contribution in [-0.4, -0.2) is 27.3 Å². The van der Waals surface area contributed by atoms with Gasteiger partial charge in [-0.05, 0) is 24.8 Å². The van der Waals surface area contributed by atoms with Crippen molar-refractivity contribution in [1.29, 1.82) is 0 Å². The Morgan fingerprint density at radius 2 is 2.08 bits per heavy atom. The van der Waals surface area contributed by atoms with Crippen molar-refractivity contribution in [3.05, 3.63) is 68.6 Å². The molecule has 1 amide bonds. The lowest BCUT2D eigenvalue weighted by molar-refractivity contribution is 0.0605. The van der Waals surface area contributed by atoms with Crippen LogP contribution in [0.5, 0.6) is 0 Å². The predicted octanol–water partition coefficient (Wildman–Crippen LogP) is 4.56. The molecule has 2 aromatic heterocycles. The van der Waals surface area contributed by atoms with Crippen LogP contribution in [0.25, 0.3) is 0 Å². The van der Waals surface area contributed by atoms with Gasteiger partial charge in [-0.3, -0.25) is 4.79 Å². The summed E-state index contributed by atoms with van der Waals surface area (Å²) >= 11 is 3.19. The zero-order valence-corrected chi connectivity index (χ0v) is 15.4. The maximum Gasteiger partial charge on any atom is 0.273 e. The van der Waals surface area contributed by atoms with Crippen molar-refractivity contribution in [3.8, 4) is 0 Å². The molecule has 6 heteroatoms. The molecule has 25 heavy (non-hydrogen) atoms. The number of likely N-dealkylation sites (tertiary alicyclic amines) is 1. The smallest absolute Gasteiger partial charge is 0.273 e. The Morgan fingerprint density at radius 1 is 1.20 bits per heavy atom. The Bertz CT molecular complexity index is 829. The van der Waals surface area contributed by atoms with Gasteiger partial charge >= 0.3 is 0 Å². The number of rotatable bonds is 4. The van der Waals surface area contributed by atoms with E-state index >= 15 is 0 Å². The molecule has 1 atom stereocenters. The molecule has 1 aliphatic rings. The minimum Gasteiger partial charge on any atom is -0.328 e. The number of carbonyl (C=O) groups excluding carboxylic acids is 1. The largest absolute Gasteiger partial charge is 0.328 e. The molecule has 1 saturated heterocycles. The molecule has 0 bridgehead atoms. The lowest BCUT2D eigenvalue weighted by atomic mass is 10.0. The van der Waals surface area contributed by atoms with Crippen molar-refractivity contribution in [2.45, 2.75) is 31.7 Å². The third-order valence-electron chi connectivity index (χ3n) is 4.47. The first-order valence-electron chi connectivity index (χ1n) is 8.50. The summed E-state index contributed by atoms with van der Waals surface area (Å²) in [6.07, 6.45) is 5.77. The molecule has 3 aromatic rings. The summed E-state index contributed by atoms with van der Waals surface area (Å²) in [5.74, 6) is 0.0375. The molecule has 3 heterocycles. The van der Waals surface area contributed by atoms with Crippen molar-refractivity contribution in [1.82, 2.24) is 14.9 Å². The Hall–Kier alpha value is -2.05. The summed E-state index contributed by atoms with van der Waals surface area (Å²) < 4.78 is 0. The van der Waals surface area contributed by atoms with Crippen molar-refractivity contribution in [2.24, 2.45) is 0 Å². The third kappa shape index (κ3) is 3.65. The van der Waals surface area contributed by atoms with E-state index in [0.717, 1.165) is 42.2 Å². The van der Waals surface area contributed by atoms with Gasteiger partial charge < -0.3 is 4.90 Å². The second-order valence-electron chi connectivity index (χ2n) is 6.17. The lowest BCUT2D eigenvalue weighted by Crippen LogP contribution is -2.38. The molecule has 0 radical (unpaired) electrons. The van der Waals surface area contributed by atoms with E-state index in [0.29, 0.717) is 5.69 Å². The van der Waals surface area contributed by atoms with E-state index in [2.05, 4.69) is 22.1 Å². The van der Waals surface area contributed by atoms with Crippen LogP contribution < -0.4 is 0 Å². The van der Waals surface area contributed by atoms with Crippen LogP contribution in [0.4, 0.5) is 0 Å². The first-order valence-corrected chi connectivity index (χ1v) is 10.3. The van der Waals surface area contributed by atoms with E-state index in [1.54, 1.807) is 22.7 Å². The van der Waals surface area contributed by atoms with Gasteiger partial charge in [-0.1, -0.05) is 30.3 Å². The molecule has 1 aliphatic heterocycles. The van der Waals surface area contributed by atoms with Crippen LogP contribution in [0.15, 0.2) is 47.3 Å². The Morgan fingerprint density at radius 3 is 2.88 bits per heavy atom. The molecule has 0 N–H and O–H groups in total. The summed E-state index contributed by atoms with van der Waals surface area (Å²) in [5.41, 5.74) is 1.79. The maximum atomic E-state index is 13.0. The van der Waals surface area contributed by atoms with Gasteiger partial charge in [-0.25, -0.2) is 9.97 Å². The van der Waals surface area contributed by atoms with Crippen LogP contribution in [-0.2, 0) is 6.42 Å². The van der Waals surface area contributed by atoms with Gasteiger partial charge in [0.05, 0.1) is 11.0 Å². The number of hydrogen-bond donors (Lipinski definition) is 0. The minimum absolute atomic E-state index is 0.0375. The van der Waals surface area contributed by atoms with E-state index < -0.39 is 0 Å².